The van der Waals surface area contributed by atoms with Gasteiger partial charge in [0, 0.05) is 12.8 Å². The molecule has 0 aromatic rings. The number of phosphoric ester groups is 1. The van der Waals surface area contributed by atoms with Gasteiger partial charge in [0.05, 0.1) is 27.7 Å². The number of unbranched alkanes of at least 4 members (excludes halogenated alkanes) is 33. The van der Waals surface area contributed by atoms with Gasteiger partial charge in [-0.15, -0.1) is 0 Å². The van der Waals surface area contributed by atoms with Gasteiger partial charge in [-0.3, -0.25) is 14.2 Å². The number of carbonyl (C=O) groups excluding carboxylic acids is 2. The van der Waals surface area contributed by atoms with E-state index in [2.05, 4.69) is 26.0 Å². The van der Waals surface area contributed by atoms with E-state index in [0.29, 0.717) is 17.4 Å². The van der Waals surface area contributed by atoms with Crippen molar-refractivity contribution in [1.82, 2.24) is 0 Å². The monoisotopic (exact) mass is 900 g/mol. The number of rotatable bonds is 49. The van der Waals surface area contributed by atoms with E-state index in [1.165, 1.54) is 173 Å². The molecule has 0 amide bonds. The smallest absolute Gasteiger partial charge is 0.306 e. The van der Waals surface area contributed by atoms with E-state index in [4.69, 9.17) is 18.5 Å². The van der Waals surface area contributed by atoms with E-state index in [-0.39, 0.29) is 32.0 Å². The van der Waals surface area contributed by atoms with Crippen LogP contribution in [0.1, 0.15) is 258 Å². The van der Waals surface area contributed by atoms with Crippen LogP contribution in [-0.4, -0.2) is 70.0 Å². The number of ether oxygens (including phenoxy) is 2. The van der Waals surface area contributed by atoms with Crippen LogP contribution in [0, 0.1) is 0 Å². The van der Waals surface area contributed by atoms with Crippen molar-refractivity contribution in [2.75, 3.05) is 47.5 Å². The molecule has 0 aromatic carbocycles. The highest BCUT2D eigenvalue weighted by Crippen LogP contribution is 2.38. The van der Waals surface area contributed by atoms with Crippen LogP contribution < -0.4 is 4.89 Å². The first-order valence-corrected chi connectivity index (χ1v) is 27.9. The summed E-state index contributed by atoms with van der Waals surface area (Å²) in [6, 6.07) is 0. The van der Waals surface area contributed by atoms with Crippen LogP contribution in [0.25, 0.3) is 0 Å². The van der Waals surface area contributed by atoms with E-state index in [0.717, 1.165) is 51.4 Å². The molecule has 0 saturated carbocycles. The third-order valence-electron chi connectivity index (χ3n) is 11.8. The van der Waals surface area contributed by atoms with E-state index >= 15 is 0 Å². The summed E-state index contributed by atoms with van der Waals surface area (Å²) in [5, 5.41) is 0. The maximum atomic E-state index is 12.7. The fourth-order valence-corrected chi connectivity index (χ4v) is 8.38. The minimum Gasteiger partial charge on any atom is -0.756 e. The Labute approximate surface area is 384 Å². The lowest BCUT2D eigenvalue weighted by Crippen LogP contribution is -2.37. The molecule has 368 valence electrons. The molecule has 0 N–H and O–H groups in total. The fourth-order valence-electron chi connectivity index (χ4n) is 7.65. The standard InChI is InChI=1S/C52H102NO8P/c1-6-8-10-12-14-16-18-20-21-22-23-24-25-26-27-28-29-30-31-33-34-36-38-40-42-44-51(54)58-48-50(49-60-62(56,57)59-47-46-53(3,4)5)61-52(55)45-43-41-39-37-35-32-19-17-15-13-11-9-7-2/h17,19,50H,6-16,18,20-49H2,1-5H3/b19-17-. The zero-order valence-corrected chi connectivity index (χ0v) is 42.5. The average molecular weight is 900 g/mol. The van der Waals surface area contributed by atoms with Gasteiger partial charge in [0.25, 0.3) is 7.82 Å². The Hall–Kier alpha value is -1.25. The summed E-state index contributed by atoms with van der Waals surface area (Å²) in [5.41, 5.74) is 0. The van der Waals surface area contributed by atoms with Crippen molar-refractivity contribution >= 4 is 19.8 Å². The lowest BCUT2D eigenvalue weighted by Gasteiger charge is -2.28. The predicted octanol–water partition coefficient (Wildman–Crippen LogP) is 15.1. The number of likely N-dealkylation sites (N-methyl/N-ethyl adjacent to an activating group) is 1. The zero-order valence-electron chi connectivity index (χ0n) is 41.6. The maximum Gasteiger partial charge on any atom is 0.306 e. The fraction of sp³-hybridized carbons (Fsp3) is 0.923. The number of hydrogen-bond acceptors (Lipinski definition) is 8. The molecule has 0 aliphatic carbocycles. The molecule has 2 atom stereocenters. The van der Waals surface area contributed by atoms with Crippen LogP contribution in [-0.2, 0) is 32.7 Å². The van der Waals surface area contributed by atoms with Crippen molar-refractivity contribution in [3.63, 3.8) is 0 Å². The molecule has 62 heavy (non-hydrogen) atoms. The molecule has 0 rings (SSSR count). The highest BCUT2D eigenvalue weighted by Gasteiger charge is 2.21. The summed E-state index contributed by atoms with van der Waals surface area (Å²) in [5.74, 6) is -0.830. The number of carbonyl (C=O) groups is 2. The summed E-state index contributed by atoms with van der Waals surface area (Å²) in [6.45, 7) is 4.25. The molecule has 0 saturated heterocycles. The maximum absolute atomic E-state index is 12.7. The summed E-state index contributed by atoms with van der Waals surface area (Å²) < 4.78 is 34.0. The van der Waals surface area contributed by atoms with Gasteiger partial charge in [-0.05, 0) is 38.5 Å². The molecule has 0 fully saturated rings. The SMILES string of the molecule is CCCCCC/C=C\CCCCCCCC(=O)OC(COC(=O)CCCCCCCCCCCCCCCCCCCCCCCCCCC)COP(=O)([O-])OCC[N+](C)(C)C. The van der Waals surface area contributed by atoms with E-state index in [1.807, 2.05) is 21.1 Å². The van der Waals surface area contributed by atoms with Gasteiger partial charge in [-0.1, -0.05) is 219 Å². The first kappa shape index (κ1) is 60.8. The van der Waals surface area contributed by atoms with Crippen molar-refractivity contribution in [3.05, 3.63) is 12.2 Å². The number of nitrogens with zero attached hydrogens (tertiary/aromatic N) is 1. The topological polar surface area (TPSA) is 111 Å². The molecule has 10 heteroatoms. The highest BCUT2D eigenvalue weighted by molar-refractivity contribution is 7.45. The first-order valence-electron chi connectivity index (χ1n) is 26.4. The van der Waals surface area contributed by atoms with Crippen LogP contribution in [0.5, 0.6) is 0 Å². The van der Waals surface area contributed by atoms with Crippen LogP contribution in [0.15, 0.2) is 12.2 Å². The Kier molecular flexibility index (Phi) is 44.0. The van der Waals surface area contributed by atoms with Gasteiger partial charge in [0.2, 0.25) is 0 Å². The van der Waals surface area contributed by atoms with Crippen LogP contribution in [0.3, 0.4) is 0 Å². The molecule has 0 bridgehead atoms. The van der Waals surface area contributed by atoms with Gasteiger partial charge >= 0.3 is 11.9 Å². The minimum atomic E-state index is -4.63. The second kappa shape index (κ2) is 44.9. The van der Waals surface area contributed by atoms with Crippen molar-refractivity contribution in [1.29, 1.82) is 0 Å². The van der Waals surface area contributed by atoms with E-state index < -0.39 is 26.5 Å². The Balaban J connectivity index is 4.09. The van der Waals surface area contributed by atoms with Crippen molar-refractivity contribution in [3.8, 4) is 0 Å². The quantitative estimate of drug-likeness (QED) is 0.0195. The normalized spacial score (nSPS) is 13.5. The van der Waals surface area contributed by atoms with Gasteiger partial charge in [0.15, 0.2) is 6.10 Å². The Morgan fingerprint density at radius 2 is 0.823 bits per heavy atom. The highest BCUT2D eigenvalue weighted by atomic mass is 31.2. The number of hydrogen-bond donors (Lipinski definition) is 0. The molecule has 0 aliphatic rings. The molecule has 0 heterocycles. The summed E-state index contributed by atoms with van der Waals surface area (Å²) in [6.07, 6.45) is 49.7. The summed E-state index contributed by atoms with van der Waals surface area (Å²) in [7, 11) is 1.17. The number of quaternary nitrogens is 1. The van der Waals surface area contributed by atoms with Crippen molar-refractivity contribution < 1.29 is 42.1 Å². The molecule has 0 radical (unpaired) electrons. The Bertz CT molecular complexity index is 1060. The van der Waals surface area contributed by atoms with Crippen LogP contribution >= 0.6 is 7.82 Å². The predicted molar refractivity (Wildman–Crippen MR) is 259 cm³/mol. The second-order valence-corrected chi connectivity index (χ2v) is 20.7. The molecule has 0 aliphatic heterocycles. The van der Waals surface area contributed by atoms with Gasteiger partial charge in [-0.25, -0.2) is 0 Å². The van der Waals surface area contributed by atoms with Crippen LogP contribution in [0.2, 0.25) is 0 Å². The molecular formula is C52H102NO8P. The van der Waals surface area contributed by atoms with E-state index in [9.17, 15) is 19.0 Å². The number of phosphoric acid groups is 1. The molecule has 2 unspecified atom stereocenters. The van der Waals surface area contributed by atoms with E-state index in [1.54, 1.807) is 0 Å². The lowest BCUT2D eigenvalue weighted by molar-refractivity contribution is -0.870. The molecular weight excluding hydrogens is 798 g/mol. The van der Waals surface area contributed by atoms with Gasteiger partial charge in [-0.2, -0.15) is 0 Å². The number of allylic oxidation sites excluding steroid dienone is 2. The van der Waals surface area contributed by atoms with Gasteiger partial charge < -0.3 is 27.9 Å². The Morgan fingerprint density at radius 1 is 0.484 bits per heavy atom. The minimum absolute atomic E-state index is 0.0291. The Morgan fingerprint density at radius 3 is 1.21 bits per heavy atom. The average Bonchev–Trinajstić information content (AvgIpc) is 3.23. The third kappa shape index (κ3) is 48.2. The zero-order chi connectivity index (χ0) is 45.7. The summed E-state index contributed by atoms with van der Waals surface area (Å²) in [4.78, 5) is 37.7. The van der Waals surface area contributed by atoms with Crippen LogP contribution in [0.4, 0.5) is 0 Å². The molecule has 0 spiro atoms. The van der Waals surface area contributed by atoms with Crippen molar-refractivity contribution in [2.24, 2.45) is 0 Å². The second-order valence-electron chi connectivity index (χ2n) is 19.2. The third-order valence-corrected chi connectivity index (χ3v) is 12.7. The van der Waals surface area contributed by atoms with Crippen molar-refractivity contribution in [2.45, 2.75) is 264 Å². The summed E-state index contributed by atoms with van der Waals surface area (Å²) >= 11 is 0. The molecule has 9 nitrogen and oxygen atoms in total. The largest absolute Gasteiger partial charge is 0.756 e. The first-order chi connectivity index (χ1) is 30.0. The van der Waals surface area contributed by atoms with Gasteiger partial charge in [0.1, 0.15) is 19.8 Å². The molecule has 0 aromatic heterocycles. The number of esters is 2. The lowest BCUT2D eigenvalue weighted by atomic mass is 10.0.